The summed E-state index contributed by atoms with van der Waals surface area (Å²) < 4.78 is 9.47. The Morgan fingerprint density at radius 1 is 1.73 bits per heavy atom. The molecule has 0 aromatic heterocycles. The largest absolute Gasteiger partial charge is 0.505 e. The zero-order valence-electron chi connectivity index (χ0n) is 6.50. The average Bonchev–Trinajstić information content (AvgIpc) is 1.86. The van der Waals surface area contributed by atoms with Crippen molar-refractivity contribution in [2.45, 2.75) is 13.3 Å². The third-order valence-electron chi connectivity index (χ3n) is 2.07. The standard InChI is InChI=1S/C7H12O4/c1-2-7(3-10-4-7)5-11-6(8)9/h2-5H2,1H3,(H,8,9). The SMILES string of the molecule is CCC1(COC(=O)O)COC1. The molecule has 0 unspecified atom stereocenters. The first-order valence-electron chi connectivity index (χ1n) is 3.62. The number of carbonyl (C=O) groups is 1. The molecule has 64 valence electrons. The minimum atomic E-state index is -1.20. The van der Waals surface area contributed by atoms with E-state index >= 15 is 0 Å². The highest BCUT2D eigenvalue weighted by Crippen LogP contribution is 2.31. The lowest BCUT2D eigenvalue weighted by Crippen LogP contribution is -2.46. The summed E-state index contributed by atoms with van der Waals surface area (Å²) in [4.78, 5) is 10.0. The van der Waals surface area contributed by atoms with Gasteiger partial charge in [-0.2, -0.15) is 0 Å². The Bertz CT molecular complexity index is 145. The summed E-state index contributed by atoms with van der Waals surface area (Å²) in [5, 5.41) is 8.23. The lowest BCUT2D eigenvalue weighted by molar-refractivity contribution is -0.141. The Hall–Kier alpha value is -0.770. The van der Waals surface area contributed by atoms with Crippen LogP contribution in [0.1, 0.15) is 13.3 Å². The van der Waals surface area contributed by atoms with Gasteiger partial charge in [-0.25, -0.2) is 4.79 Å². The van der Waals surface area contributed by atoms with Gasteiger partial charge in [0.05, 0.1) is 18.6 Å². The summed E-state index contributed by atoms with van der Waals surface area (Å²) >= 11 is 0. The average molecular weight is 160 g/mol. The Labute approximate surface area is 65.1 Å². The van der Waals surface area contributed by atoms with Gasteiger partial charge in [0.1, 0.15) is 6.61 Å². The second kappa shape index (κ2) is 3.09. The van der Waals surface area contributed by atoms with Crippen molar-refractivity contribution in [3.63, 3.8) is 0 Å². The quantitative estimate of drug-likeness (QED) is 0.628. The summed E-state index contributed by atoms with van der Waals surface area (Å²) in [6, 6.07) is 0. The van der Waals surface area contributed by atoms with Crippen LogP contribution in [0, 0.1) is 5.41 Å². The van der Waals surface area contributed by atoms with Crippen molar-refractivity contribution in [3.05, 3.63) is 0 Å². The van der Waals surface area contributed by atoms with Gasteiger partial charge in [-0.15, -0.1) is 0 Å². The summed E-state index contributed by atoms with van der Waals surface area (Å²) in [5.74, 6) is 0. The molecule has 0 radical (unpaired) electrons. The van der Waals surface area contributed by atoms with Crippen molar-refractivity contribution in [1.82, 2.24) is 0 Å². The minimum absolute atomic E-state index is 0.0294. The fraction of sp³-hybridized carbons (Fsp3) is 0.857. The van der Waals surface area contributed by atoms with E-state index in [0.717, 1.165) is 6.42 Å². The predicted molar refractivity (Wildman–Crippen MR) is 37.5 cm³/mol. The van der Waals surface area contributed by atoms with Crippen LogP contribution in [0.15, 0.2) is 0 Å². The van der Waals surface area contributed by atoms with Gasteiger partial charge in [0, 0.05) is 0 Å². The Kier molecular flexibility index (Phi) is 2.34. The number of ether oxygens (including phenoxy) is 2. The fourth-order valence-corrected chi connectivity index (χ4v) is 0.995. The van der Waals surface area contributed by atoms with Gasteiger partial charge in [-0.1, -0.05) is 6.92 Å². The third-order valence-corrected chi connectivity index (χ3v) is 2.07. The fourth-order valence-electron chi connectivity index (χ4n) is 0.995. The highest BCUT2D eigenvalue weighted by molar-refractivity contribution is 5.56. The first-order chi connectivity index (χ1) is 5.18. The molecule has 0 spiro atoms. The van der Waals surface area contributed by atoms with Crippen molar-refractivity contribution in [2.24, 2.45) is 5.41 Å². The van der Waals surface area contributed by atoms with Crippen LogP contribution in [-0.4, -0.2) is 31.1 Å². The summed E-state index contributed by atoms with van der Waals surface area (Å²) in [6.45, 7) is 3.51. The highest BCUT2D eigenvalue weighted by atomic mass is 16.7. The molecule has 11 heavy (non-hydrogen) atoms. The number of carboxylic acid groups (broad SMARTS) is 1. The molecule has 4 heteroatoms. The molecule has 1 N–H and O–H groups in total. The van der Waals surface area contributed by atoms with E-state index in [2.05, 4.69) is 4.74 Å². The van der Waals surface area contributed by atoms with Crippen LogP contribution in [0.2, 0.25) is 0 Å². The molecule has 1 aliphatic rings. The molecular weight excluding hydrogens is 148 g/mol. The second-order valence-electron chi connectivity index (χ2n) is 2.90. The molecule has 0 atom stereocenters. The smallest absolute Gasteiger partial charge is 0.450 e. The zero-order chi connectivity index (χ0) is 8.32. The molecular formula is C7H12O4. The normalized spacial score (nSPS) is 20.5. The molecule has 1 fully saturated rings. The maximum atomic E-state index is 10.0. The Balaban J connectivity index is 2.27. The van der Waals surface area contributed by atoms with E-state index in [1.165, 1.54) is 0 Å². The minimum Gasteiger partial charge on any atom is -0.450 e. The van der Waals surface area contributed by atoms with Gasteiger partial charge < -0.3 is 14.6 Å². The van der Waals surface area contributed by atoms with Crippen LogP contribution in [-0.2, 0) is 9.47 Å². The maximum Gasteiger partial charge on any atom is 0.505 e. The van der Waals surface area contributed by atoms with Crippen LogP contribution >= 0.6 is 0 Å². The summed E-state index contributed by atoms with van der Waals surface area (Å²) in [6.07, 6.45) is -0.301. The van der Waals surface area contributed by atoms with Gasteiger partial charge in [-0.3, -0.25) is 0 Å². The van der Waals surface area contributed by atoms with Crippen molar-refractivity contribution in [1.29, 1.82) is 0 Å². The molecule has 0 aliphatic carbocycles. The first kappa shape index (κ1) is 8.33. The van der Waals surface area contributed by atoms with Crippen molar-refractivity contribution in [2.75, 3.05) is 19.8 Å². The number of hydrogen-bond donors (Lipinski definition) is 1. The van der Waals surface area contributed by atoms with Crippen LogP contribution in [0.3, 0.4) is 0 Å². The van der Waals surface area contributed by atoms with Gasteiger partial charge in [0.15, 0.2) is 0 Å². The van der Waals surface area contributed by atoms with E-state index in [1.54, 1.807) is 0 Å². The maximum absolute atomic E-state index is 10.0. The summed E-state index contributed by atoms with van der Waals surface area (Å²) in [5.41, 5.74) is -0.0294. The lowest BCUT2D eigenvalue weighted by atomic mass is 9.84. The topological polar surface area (TPSA) is 55.8 Å². The van der Waals surface area contributed by atoms with E-state index in [4.69, 9.17) is 9.84 Å². The summed E-state index contributed by atoms with van der Waals surface area (Å²) in [7, 11) is 0. The Morgan fingerprint density at radius 2 is 2.36 bits per heavy atom. The van der Waals surface area contributed by atoms with Crippen LogP contribution in [0.5, 0.6) is 0 Å². The monoisotopic (exact) mass is 160 g/mol. The molecule has 0 bridgehead atoms. The van der Waals surface area contributed by atoms with Gasteiger partial charge in [-0.05, 0) is 6.42 Å². The second-order valence-corrected chi connectivity index (χ2v) is 2.90. The number of hydrogen-bond acceptors (Lipinski definition) is 3. The van der Waals surface area contributed by atoms with Crippen molar-refractivity contribution >= 4 is 6.16 Å². The van der Waals surface area contributed by atoms with Crippen molar-refractivity contribution < 1.29 is 19.4 Å². The van der Waals surface area contributed by atoms with Crippen molar-refractivity contribution in [3.8, 4) is 0 Å². The molecule has 0 aromatic carbocycles. The molecule has 1 saturated heterocycles. The van der Waals surface area contributed by atoms with Gasteiger partial charge in [0.2, 0.25) is 0 Å². The predicted octanol–water partition coefficient (Wildman–Crippen LogP) is 1.11. The van der Waals surface area contributed by atoms with Gasteiger partial charge >= 0.3 is 6.16 Å². The lowest BCUT2D eigenvalue weighted by Gasteiger charge is -2.39. The molecule has 1 rings (SSSR count). The van der Waals surface area contributed by atoms with E-state index in [9.17, 15) is 4.79 Å². The van der Waals surface area contributed by atoms with Gasteiger partial charge in [0.25, 0.3) is 0 Å². The number of rotatable bonds is 3. The van der Waals surface area contributed by atoms with E-state index in [-0.39, 0.29) is 12.0 Å². The molecule has 1 heterocycles. The molecule has 0 aromatic rings. The van der Waals surface area contributed by atoms with Crippen LogP contribution in [0.4, 0.5) is 4.79 Å². The van der Waals surface area contributed by atoms with E-state index < -0.39 is 6.16 Å². The Morgan fingerprint density at radius 3 is 2.64 bits per heavy atom. The van der Waals surface area contributed by atoms with Crippen LogP contribution < -0.4 is 0 Å². The van der Waals surface area contributed by atoms with Crippen LogP contribution in [0.25, 0.3) is 0 Å². The highest BCUT2D eigenvalue weighted by Gasteiger charge is 2.38. The molecule has 0 saturated carbocycles. The molecule has 0 amide bonds. The van der Waals surface area contributed by atoms with E-state index in [0.29, 0.717) is 13.2 Å². The third kappa shape index (κ3) is 1.83. The molecule has 1 aliphatic heterocycles. The molecule has 4 nitrogen and oxygen atoms in total. The van der Waals surface area contributed by atoms with E-state index in [1.807, 2.05) is 6.92 Å². The zero-order valence-corrected chi connectivity index (χ0v) is 6.50. The first-order valence-corrected chi connectivity index (χ1v) is 3.62.